The highest BCUT2D eigenvalue weighted by Gasteiger charge is 2.48. The Morgan fingerprint density at radius 2 is 1.92 bits per heavy atom. The van der Waals surface area contributed by atoms with Crippen LogP contribution in [0.4, 0.5) is 4.39 Å². The smallest absolute Gasteiger partial charge is 0.245 e. The molecule has 3 amide bonds. The van der Waals surface area contributed by atoms with Crippen molar-refractivity contribution in [3.63, 3.8) is 0 Å². The molecule has 1 aliphatic rings. The Kier molecular flexibility index (Phi) is 9.32. The number of carbonyl (C=O) groups is 3. The molecular weight excluding hydrogens is 487 g/mol. The molecule has 38 heavy (non-hydrogen) atoms. The molecule has 0 spiro atoms. The van der Waals surface area contributed by atoms with Gasteiger partial charge in [-0.05, 0) is 57.2 Å². The zero-order chi connectivity index (χ0) is 27.9. The van der Waals surface area contributed by atoms with E-state index in [1.807, 2.05) is 30.3 Å². The van der Waals surface area contributed by atoms with Gasteiger partial charge in [0.25, 0.3) is 0 Å². The first-order chi connectivity index (χ1) is 18.0. The van der Waals surface area contributed by atoms with Gasteiger partial charge in [0.1, 0.15) is 17.3 Å². The van der Waals surface area contributed by atoms with Crippen LogP contribution in [-0.2, 0) is 27.2 Å². The molecule has 0 bridgehead atoms. The maximum absolute atomic E-state index is 13.8. The van der Waals surface area contributed by atoms with E-state index in [0.29, 0.717) is 25.0 Å². The van der Waals surface area contributed by atoms with Gasteiger partial charge in [-0.1, -0.05) is 30.3 Å². The SMILES string of the molecule is CNC(=O)[C@]1(Cc2ccccc2)CN(C(=O)[C@@H](CCCc2ccc(F)cn2)NC(=O)C(C)(C)N)CCC1=N. The van der Waals surface area contributed by atoms with E-state index in [1.54, 1.807) is 24.8 Å². The zero-order valence-corrected chi connectivity index (χ0v) is 22.2. The number of hydrogen-bond acceptors (Lipinski definition) is 6. The number of nitrogens with zero attached hydrogens (tertiary/aromatic N) is 2. The lowest BCUT2D eigenvalue weighted by atomic mass is 9.72. The van der Waals surface area contributed by atoms with Crippen molar-refractivity contribution in [1.29, 1.82) is 5.41 Å². The Morgan fingerprint density at radius 3 is 2.53 bits per heavy atom. The molecule has 0 aliphatic carbocycles. The van der Waals surface area contributed by atoms with Crippen molar-refractivity contribution < 1.29 is 18.8 Å². The standard InChI is InChI=1S/C28H37FN6O3/c1-27(2,31)25(37)34-22(11-7-10-21-13-12-20(29)17-33-21)24(36)35-15-14-23(30)28(18-35,26(38)32-3)16-19-8-5-4-6-9-19/h4-6,8-9,12-13,17,22,30H,7,10-11,14-16,18,31H2,1-3H3,(H,32,38)(H,34,37)/t22-,28-/m1/s1. The molecule has 1 fully saturated rings. The van der Waals surface area contributed by atoms with Gasteiger partial charge in [0.05, 0.1) is 11.7 Å². The van der Waals surface area contributed by atoms with Crippen molar-refractivity contribution in [2.24, 2.45) is 11.1 Å². The minimum atomic E-state index is -1.22. The number of carbonyl (C=O) groups excluding carboxylic acids is 3. The van der Waals surface area contributed by atoms with Gasteiger partial charge < -0.3 is 26.7 Å². The van der Waals surface area contributed by atoms with E-state index in [-0.39, 0.29) is 43.5 Å². The summed E-state index contributed by atoms with van der Waals surface area (Å²) >= 11 is 0. The van der Waals surface area contributed by atoms with Crippen LogP contribution in [0.3, 0.4) is 0 Å². The van der Waals surface area contributed by atoms with Gasteiger partial charge in [0.2, 0.25) is 17.7 Å². The van der Waals surface area contributed by atoms with Crippen molar-refractivity contribution in [3.05, 3.63) is 65.7 Å². The number of likely N-dealkylation sites (tertiary alicyclic amines) is 1. The molecule has 9 nitrogen and oxygen atoms in total. The van der Waals surface area contributed by atoms with E-state index in [9.17, 15) is 18.8 Å². The fraction of sp³-hybridized carbons (Fsp3) is 0.464. The predicted molar refractivity (Wildman–Crippen MR) is 143 cm³/mol. The molecular formula is C28H37FN6O3. The fourth-order valence-corrected chi connectivity index (χ4v) is 4.67. The highest BCUT2D eigenvalue weighted by Crippen LogP contribution is 2.32. The minimum absolute atomic E-state index is 0.0249. The minimum Gasteiger partial charge on any atom is -0.358 e. The maximum Gasteiger partial charge on any atom is 0.245 e. The molecule has 204 valence electrons. The number of aromatic nitrogens is 1. The van der Waals surface area contributed by atoms with Gasteiger partial charge in [-0.15, -0.1) is 0 Å². The van der Waals surface area contributed by atoms with Gasteiger partial charge in [0, 0.05) is 38.0 Å². The van der Waals surface area contributed by atoms with E-state index in [0.717, 1.165) is 11.8 Å². The Labute approximate surface area is 222 Å². The third-order valence-electron chi connectivity index (χ3n) is 6.90. The summed E-state index contributed by atoms with van der Waals surface area (Å²) in [4.78, 5) is 45.4. The van der Waals surface area contributed by atoms with Gasteiger partial charge in [-0.25, -0.2) is 4.39 Å². The van der Waals surface area contributed by atoms with Crippen molar-refractivity contribution in [2.45, 2.75) is 57.5 Å². The van der Waals surface area contributed by atoms with Crippen LogP contribution < -0.4 is 16.4 Å². The Balaban J connectivity index is 1.82. The summed E-state index contributed by atoms with van der Waals surface area (Å²) in [5, 5.41) is 14.2. The molecule has 0 unspecified atom stereocenters. The van der Waals surface area contributed by atoms with Crippen molar-refractivity contribution in [1.82, 2.24) is 20.5 Å². The average molecular weight is 525 g/mol. The Hall–Kier alpha value is -3.66. The van der Waals surface area contributed by atoms with E-state index >= 15 is 0 Å². The lowest BCUT2D eigenvalue weighted by Crippen LogP contribution is -2.62. The van der Waals surface area contributed by atoms with Gasteiger partial charge in [0.15, 0.2) is 0 Å². The largest absolute Gasteiger partial charge is 0.358 e. The zero-order valence-electron chi connectivity index (χ0n) is 22.2. The number of rotatable bonds is 10. The van der Waals surface area contributed by atoms with E-state index in [4.69, 9.17) is 11.1 Å². The number of benzene rings is 1. The molecule has 2 aromatic rings. The first-order valence-electron chi connectivity index (χ1n) is 12.8. The van der Waals surface area contributed by atoms with Crippen LogP contribution in [0.1, 0.15) is 44.4 Å². The number of nitrogens with two attached hydrogens (primary N) is 1. The van der Waals surface area contributed by atoms with Crippen LogP contribution >= 0.6 is 0 Å². The third-order valence-corrected chi connectivity index (χ3v) is 6.90. The molecule has 5 N–H and O–H groups in total. The van der Waals surface area contributed by atoms with Crippen LogP contribution in [-0.4, -0.2) is 65.0 Å². The van der Waals surface area contributed by atoms with E-state index in [1.165, 1.54) is 13.1 Å². The predicted octanol–water partition coefficient (Wildman–Crippen LogP) is 1.99. The molecule has 10 heteroatoms. The summed E-state index contributed by atoms with van der Waals surface area (Å²) in [7, 11) is 1.53. The van der Waals surface area contributed by atoms with Gasteiger partial charge >= 0.3 is 0 Å². The lowest BCUT2D eigenvalue weighted by molar-refractivity contribution is -0.141. The van der Waals surface area contributed by atoms with Crippen molar-refractivity contribution in [2.75, 3.05) is 20.1 Å². The Morgan fingerprint density at radius 1 is 1.21 bits per heavy atom. The van der Waals surface area contributed by atoms with Gasteiger partial charge in [-0.2, -0.15) is 0 Å². The van der Waals surface area contributed by atoms with Crippen LogP contribution in [0.2, 0.25) is 0 Å². The molecule has 2 atom stereocenters. The molecule has 1 aromatic carbocycles. The Bertz CT molecular complexity index is 1140. The number of halogens is 1. The monoisotopic (exact) mass is 524 g/mol. The number of pyridine rings is 1. The van der Waals surface area contributed by atoms with Crippen LogP contribution in [0.5, 0.6) is 0 Å². The molecule has 1 aliphatic heterocycles. The van der Waals surface area contributed by atoms with Crippen LogP contribution in [0.15, 0.2) is 48.7 Å². The highest BCUT2D eigenvalue weighted by molar-refractivity contribution is 6.09. The molecule has 0 radical (unpaired) electrons. The number of nitrogens with one attached hydrogen (secondary N) is 3. The second-order valence-corrected chi connectivity index (χ2v) is 10.4. The summed E-state index contributed by atoms with van der Waals surface area (Å²) in [6.07, 6.45) is 2.97. The molecule has 1 saturated heterocycles. The topological polar surface area (TPSA) is 141 Å². The average Bonchev–Trinajstić information content (AvgIpc) is 2.89. The number of aryl methyl sites for hydroxylation is 1. The number of hydrogen-bond donors (Lipinski definition) is 4. The summed E-state index contributed by atoms with van der Waals surface area (Å²) in [6, 6.07) is 11.5. The summed E-state index contributed by atoms with van der Waals surface area (Å²) in [6.45, 7) is 3.41. The number of piperidine rings is 1. The van der Waals surface area contributed by atoms with E-state index in [2.05, 4.69) is 15.6 Å². The summed E-state index contributed by atoms with van der Waals surface area (Å²) in [5.41, 5.74) is 5.41. The summed E-state index contributed by atoms with van der Waals surface area (Å²) < 4.78 is 13.2. The quantitative estimate of drug-likeness (QED) is 0.376. The van der Waals surface area contributed by atoms with Crippen molar-refractivity contribution >= 4 is 23.4 Å². The van der Waals surface area contributed by atoms with Crippen LogP contribution in [0.25, 0.3) is 0 Å². The first-order valence-corrected chi connectivity index (χ1v) is 12.8. The summed E-state index contributed by atoms with van der Waals surface area (Å²) in [5.74, 6) is -1.55. The third kappa shape index (κ3) is 7.00. The first kappa shape index (κ1) is 28.9. The normalized spacial score (nSPS) is 18.6. The molecule has 2 heterocycles. The second-order valence-electron chi connectivity index (χ2n) is 10.4. The van der Waals surface area contributed by atoms with Crippen molar-refractivity contribution in [3.8, 4) is 0 Å². The van der Waals surface area contributed by atoms with Gasteiger partial charge in [-0.3, -0.25) is 19.4 Å². The van der Waals surface area contributed by atoms with Crippen LogP contribution in [0, 0.1) is 16.6 Å². The molecule has 1 aromatic heterocycles. The number of amides is 3. The second kappa shape index (κ2) is 12.3. The maximum atomic E-state index is 13.8. The van der Waals surface area contributed by atoms with E-state index < -0.39 is 28.7 Å². The molecule has 3 rings (SSSR count). The molecule has 0 saturated carbocycles. The highest BCUT2D eigenvalue weighted by atomic mass is 19.1. The lowest BCUT2D eigenvalue weighted by Gasteiger charge is -2.43. The fourth-order valence-electron chi connectivity index (χ4n) is 4.67.